The SMILES string of the molecule is CCCCCC(C)NCCCCc1ccccc1. The molecule has 0 amide bonds. The van der Waals surface area contributed by atoms with Crippen molar-refractivity contribution < 1.29 is 0 Å². The monoisotopic (exact) mass is 247 g/mol. The number of hydrogen-bond donors (Lipinski definition) is 1. The van der Waals surface area contributed by atoms with Crippen molar-refractivity contribution in [3.8, 4) is 0 Å². The van der Waals surface area contributed by atoms with E-state index in [4.69, 9.17) is 0 Å². The summed E-state index contributed by atoms with van der Waals surface area (Å²) >= 11 is 0. The van der Waals surface area contributed by atoms with Crippen molar-refractivity contribution in [3.63, 3.8) is 0 Å². The Kier molecular flexibility index (Phi) is 8.58. The third-order valence-corrected chi connectivity index (χ3v) is 3.47. The Morgan fingerprint density at radius 1 is 1.00 bits per heavy atom. The second kappa shape index (κ2) is 10.1. The molecule has 0 aliphatic heterocycles. The molecule has 0 bridgehead atoms. The van der Waals surface area contributed by atoms with Gasteiger partial charge in [-0.1, -0.05) is 56.5 Å². The fourth-order valence-corrected chi connectivity index (χ4v) is 2.25. The van der Waals surface area contributed by atoms with E-state index in [1.54, 1.807) is 0 Å². The zero-order valence-electron chi connectivity index (χ0n) is 12.1. The Morgan fingerprint density at radius 2 is 1.78 bits per heavy atom. The predicted molar refractivity (Wildman–Crippen MR) is 81.0 cm³/mol. The van der Waals surface area contributed by atoms with Crippen LogP contribution < -0.4 is 5.32 Å². The standard InChI is InChI=1S/C17H29N/c1-3-4-6-11-16(2)18-15-10-9-14-17-12-7-5-8-13-17/h5,7-8,12-13,16,18H,3-4,6,9-11,14-15H2,1-2H3. The van der Waals surface area contributed by atoms with Gasteiger partial charge >= 0.3 is 0 Å². The molecule has 1 aromatic carbocycles. The van der Waals surface area contributed by atoms with Gasteiger partial charge in [0.05, 0.1) is 0 Å². The van der Waals surface area contributed by atoms with Gasteiger partial charge in [0.25, 0.3) is 0 Å². The largest absolute Gasteiger partial charge is 0.314 e. The van der Waals surface area contributed by atoms with Crippen LogP contribution in [-0.4, -0.2) is 12.6 Å². The fourth-order valence-electron chi connectivity index (χ4n) is 2.25. The van der Waals surface area contributed by atoms with Crippen LogP contribution in [0.1, 0.15) is 57.9 Å². The van der Waals surface area contributed by atoms with Gasteiger partial charge in [0.1, 0.15) is 0 Å². The minimum Gasteiger partial charge on any atom is -0.314 e. The van der Waals surface area contributed by atoms with Crippen LogP contribution in [0.4, 0.5) is 0 Å². The van der Waals surface area contributed by atoms with E-state index in [2.05, 4.69) is 49.5 Å². The van der Waals surface area contributed by atoms with E-state index in [-0.39, 0.29) is 0 Å². The summed E-state index contributed by atoms with van der Waals surface area (Å²) in [5.41, 5.74) is 1.47. The topological polar surface area (TPSA) is 12.0 Å². The van der Waals surface area contributed by atoms with Crippen LogP contribution in [0.5, 0.6) is 0 Å². The molecule has 0 aliphatic carbocycles. The van der Waals surface area contributed by atoms with Crippen molar-refractivity contribution >= 4 is 0 Å². The van der Waals surface area contributed by atoms with Crippen LogP contribution in [-0.2, 0) is 6.42 Å². The number of hydrogen-bond acceptors (Lipinski definition) is 1. The lowest BCUT2D eigenvalue weighted by Gasteiger charge is -2.13. The van der Waals surface area contributed by atoms with Gasteiger partial charge in [-0.3, -0.25) is 0 Å². The summed E-state index contributed by atoms with van der Waals surface area (Å²) in [5.74, 6) is 0. The molecule has 0 radical (unpaired) electrons. The van der Waals surface area contributed by atoms with Gasteiger partial charge in [-0.2, -0.15) is 0 Å². The molecule has 1 N–H and O–H groups in total. The Morgan fingerprint density at radius 3 is 2.50 bits per heavy atom. The molecular weight excluding hydrogens is 218 g/mol. The zero-order chi connectivity index (χ0) is 13.1. The van der Waals surface area contributed by atoms with Crippen LogP contribution >= 0.6 is 0 Å². The van der Waals surface area contributed by atoms with Crippen LogP contribution in [0.2, 0.25) is 0 Å². The molecule has 1 rings (SSSR count). The fraction of sp³-hybridized carbons (Fsp3) is 0.647. The summed E-state index contributed by atoms with van der Waals surface area (Å²) in [7, 11) is 0. The normalized spacial score (nSPS) is 12.6. The van der Waals surface area contributed by atoms with Gasteiger partial charge < -0.3 is 5.32 Å². The highest BCUT2D eigenvalue weighted by Gasteiger charge is 2.00. The Bertz CT molecular complexity index is 281. The summed E-state index contributed by atoms with van der Waals surface area (Å²) in [6, 6.07) is 11.5. The Balaban J connectivity index is 1.95. The smallest absolute Gasteiger partial charge is 0.00387 e. The maximum atomic E-state index is 3.63. The van der Waals surface area contributed by atoms with Gasteiger partial charge in [0.15, 0.2) is 0 Å². The molecule has 0 spiro atoms. The summed E-state index contributed by atoms with van der Waals surface area (Å²) in [6.45, 7) is 5.74. The van der Waals surface area contributed by atoms with Crippen molar-refractivity contribution in [3.05, 3.63) is 35.9 Å². The average Bonchev–Trinajstić information content (AvgIpc) is 2.40. The molecule has 102 valence electrons. The van der Waals surface area contributed by atoms with Crippen molar-refractivity contribution in [1.82, 2.24) is 5.32 Å². The van der Waals surface area contributed by atoms with Crippen LogP contribution in [0.25, 0.3) is 0 Å². The summed E-state index contributed by atoms with van der Waals surface area (Å²) in [6.07, 6.45) is 9.18. The van der Waals surface area contributed by atoms with Crippen LogP contribution in [0, 0.1) is 0 Å². The highest BCUT2D eigenvalue weighted by atomic mass is 14.9. The minimum atomic E-state index is 0.688. The third kappa shape index (κ3) is 7.50. The van der Waals surface area contributed by atoms with Crippen LogP contribution in [0.15, 0.2) is 30.3 Å². The molecule has 1 nitrogen and oxygen atoms in total. The van der Waals surface area contributed by atoms with E-state index < -0.39 is 0 Å². The number of aryl methyl sites for hydroxylation is 1. The van der Waals surface area contributed by atoms with E-state index in [0.717, 1.165) is 0 Å². The first kappa shape index (κ1) is 15.2. The molecule has 0 saturated carbocycles. The molecule has 18 heavy (non-hydrogen) atoms. The number of benzene rings is 1. The molecule has 1 aromatic rings. The average molecular weight is 247 g/mol. The lowest BCUT2D eigenvalue weighted by atomic mass is 10.1. The van der Waals surface area contributed by atoms with E-state index in [0.29, 0.717) is 6.04 Å². The van der Waals surface area contributed by atoms with Gasteiger partial charge in [-0.15, -0.1) is 0 Å². The molecule has 0 heterocycles. The number of rotatable bonds is 10. The first-order valence-corrected chi connectivity index (χ1v) is 7.60. The molecule has 0 fully saturated rings. The quantitative estimate of drug-likeness (QED) is 0.597. The van der Waals surface area contributed by atoms with Crippen molar-refractivity contribution in [2.45, 2.75) is 64.8 Å². The van der Waals surface area contributed by atoms with Crippen molar-refractivity contribution in [2.24, 2.45) is 0 Å². The highest BCUT2D eigenvalue weighted by molar-refractivity contribution is 5.14. The van der Waals surface area contributed by atoms with Gasteiger partial charge in [0.2, 0.25) is 0 Å². The lowest BCUT2D eigenvalue weighted by Crippen LogP contribution is -2.26. The molecule has 1 heteroatoms. The third-order valence-electron chi connectivity index (χ3n) is 3.47. The second-order valence-corrected chi connectivity index (χ2v) is 5.29. The second-order valence-electron chi connectivity index (χ2n) is 5.29. The van der Waals surface area contributed by atoms with E-state index in [1.165, 1.54) is 57.1 Å². The highest BCUT2D eigenvalue weighted by Crippen LogP contribution is 2.05. The summed E-state index contributed by atoms with van der Waals surface area (Å²) in [4.78, 5) is 0. The summed E-state index contributed by atoms with van der Waals surface area (Å²) in [5, 5.41) is 3.63. The van der Waals surface area contributed by atoms with Crippen LogP contribution in [0.3, 0.4) is 0 Å². The molecule has 0 aliphatic rings. The lowest BCUT2D eigenvalue weighted by molar-refractivity contribution is 0.478. The van der Waals surface area contributed by atoms with E-state index in [1.807, 2.05) is 0 Å². The Hall–Kier alpha value is -0.820. The molecule has 1 atom stereocenters. The van der Waals surface area contributed by atoms with E-state index in [9.17, 15) is 0 Å². The van der Waals surface area contributed by atoms with Crippen molar-refractivity contribution in [2.75, 3.05) is 6.54 Å². The first-order chi connectivity index (χ1) is 8.83. The number of nitrogens with one attached hydrogen (secondary N) is 1. The molecule has 1 unspecified atom stereocenters. The molecule has 0 aromatic heterocycles. The Labute approximate surface area is 113 Å². The maximum Gasteiger partial charge on any atom is 0.00387 e. The van der Waals surface area contributed by atoms with Gasteiger partial charge in [0, 0.05) is 6.04 Å². The molecular formula is C17H29N. The number of unbranched alkanes of at least 4 members (excludes halogenated alkanes) is 3. The van der Waals surface area contributed by atoms with Gasteiger partial charge in [-0.05, 0) is 44.7 Å². The zero-order valence-corrected chi connectivity index (χ0v) is 12.1. The maximum absolute atomic E-state index is 3.63. The van der Waals surface area contributed by atoms with E-state index >= 15 is 0 Å². The van der Waals surface area contributed by atoms with Crippen molar-refractivity contribution in [1.29, 1.82) is 0 Å². The molecule has 0 saturated heterocycles. The van der Waals surface area contributed by atoms with Gasteiger partial charge in [-0.25, -0.2) is 0 Å². The first-order valence-electron chi connectivity index (χ1n) is 7.60. The minimum absolute atomic E-state index is 0.688. The summed E-state index contributed by atoms with van der Waals surface area (Å²) < 4.78 is 0. The predicted octanol–water partition coefficient (Wildman–Crippen LogP) is 4.57.